The molecule has 1 aliphatic rings. The van der Waals surface area contributed by atoms with Crippen LogP contribution in [0.1, 0.15) is 19.4 Å². The fraction of sp³-hybridized carbons (Fsp3) is 0.217. The molecule has 1 aliphatic heterocycles. The molecular formula is C23H24N2. The number of anilines is 2. The number of nitrogens with zero attached hydrogens (tertiary/aromatic N) is 1. The number of hydrogen-bond donors (Lipinski definition) is 1. The van der Waals surface area contributed by atoms with Gasteiger partial charge in [0.05, 0.1) is 6.04 Å². The van der Waals surface area contributed by atoms with Gasteiger partial charge in [0.15, 0.2) is 0 Å². The summed E-state index contributed by atoms with van der Waals surface area (Å²) in [6.45, 7) is 4.69. The van der Waals surface area contributed by atoms with E-state index in [-0.39, 0.29) is 5.41 Å². The van der Waals surface area contributed by atoms with Crippen molar-refractivity contribution < 1.29 is 0 Å². The first-order valence-electron chi connectivity index (χ1n) is 8.82. The van der Waals surface area contributed by atoms with Crippen LogP contribution < -0.4 is 10.2 Å². The Morgan fingerprint density at radius 1 is 0.920 bits per heavy atom. The lowest BCUT2D eigenvalue weighted by atomic mass is 9.78. The van der Waals surface area contributed by atoms with E-state index in [1.807, 2.05) is 18.2 Å². The van der Waals surface area contributed by atoms with E-state index in [4.69, 9.17) is 0 Å². The lowest BCUT2D eigenvalue weighted by Crippen LogP contribution is -2.37. The first kappa shape index (κ1) is 15.8. The van der Waals surface area contributed by atoms with Crippen LogP contribution in [0.5, 0.6) is 0 Å². The van der Waals surface area contributed by atoms with E-state index < -0.39 is 0 Å². The third-order valence-corrected chi connectivity index (χ3v) is 5.39. The Morgan fingerprint density at radius 2 is 1.64 bits per heavy atom. The molecular weight excluding hydrogens is 304 g/mol. The Hall–Kier alpha value is -2.74. The first-order valence-corrected chi connectivity index (χ1v) is 8.82. The third kappa shape index (κ3) is 2.58. The van der Waals surface area contributed by atoms with Crippen LogP contribution in [0.25, 0.3) is 10.8 Å². The van der Waals surface area contributed by atoms with Gasteiger partial charge in [0.2, 0.25) is 0 Å². The van der Waals surface area contributed by atoms with Gasteiger partial charge in [0.25, 0.3) is 0 Å². The summed E-state index contributed by atoms with van der Waals surface area (Å²) in [6, 6.07) is 23.8. The van der Waals surface area contributed by atoms with Gasteiger partial charge in [0.1, 0.15) is 0 Å². The van der Waals surface area contributed by atoms with Crippen LogP contribution in [0, 0.1) is 0 Å². The highest BCUT2D eigenvalue weighted by Crippen LogP contribution is 2.48. The molecule has 1 atom stereocenters. The normalized spacial score (nSPS) is 18.7. The zero-order valence-electron chi connectivity index (χ0n) is 15.0. The van der Waals surface area contributed by atoms with Gasteiger partial charge in [-0.25, -0.2) is 0 Å². The quantitative estimate of drug-likeness (QED) is 0.677. The van der Waals surface area contributed by atoms with Crippen molar-refractivity contribution in [2.45, 2.75) is 25.3 Å². The average Bonchev–Trinajstić information content (AvgIpc) is 2.83. The summed E-state index contributed by atoms with van der Waals surface area (Å²) in [5.74, 6) is 0. The lowest BCUT2D eigenvalue weighted by Gasteiger charge is -2.30. The summed E-state index contributed by atoms with van der Waals surface area (Å²) < 4.78 is 0. The predicted molar refractivity (Wildman–Crippen MR) is 108 cm³/mol. The number of benzene rings is 3. The Morgan fingerprint density at radius 3 is 2.44 bits per heavy atom. The standard InChI is InChI=1S/C23H24N2/c1-23(2)21(15-16-24-18-10-5-4-6-11-18)25(3)20-14-13-17-9-7-8-12-19(17)22(20)23/h4-16,21,24H,1-3H3/b16-15+. The maximum atomic E-state index is 3.39. The van der Waals surface area contributed by atoms with Gasteiger partial charge in [-0.2, -0.15) is 0 Å². The van der Waals surface area contributed by atoms with Crippen LogP contribution in [-0.2, 0) is 5.41 Å². The van der Waals surface area contributed by atoms with Gasteiger partial charge >= 0.3 is 0 Å². The fourth-order valence-corrected chi connectivity index (χ4v) is 4.15. The molecule has 126 valence electrons. The molecule has 4 rings (SSSR count). The van der Waals surface area contributed by atoms with E-state index in [9.17, 15) is 0 Å². The molecule has 1 unspecified atom stereocenters. The number of likely N-dealkylation sites (N-methyl/N-ethyl adjacent to an activating group) is 1. The topological polar surface area (TPSA) is 15.3 Å². The van der Waals surface area contributed by atoms with Crippen molar-refractivity contribution in [3.8, 4) is 0 Å². The smallest absolute Gasteiger partial charge is 0.0579 e. The van der Waals surface area contributed by atoms with Crippen LogP contribution >= 0.6 is 0 Å². The molecule has 0 amide bonds. The van der Waals surface area contributed by atoms with E-state index in [2.05, 4.69) is 91.9 Å². The molecule has 25 heavy (non-hydrogen) atoms. The van der Waals surface area contributed by atoms with Gasteiger partial charge in [-0.05, 0) is 46.8 Å². The molecule has 3 aromatic rings. The molecule has 1 N–H and O–H groups in total. The molecule has 2 nitrogen and oxygen atoms in total. The number of para-hydroxylation sites is 1. The van der Waals surface area contributed by atoms with Crippen molar-refractivity contribution in [1.29, 1.82) is 0 Å². The lowest BCUT2D eigenvalue weighted by molar-refractivity contribution is 0.490. The minimum Gasteiger partial charge on any atom is -0.367 e. The molecule has 0 saturated heterocycles. The highest BCUT2D eigenvalue weighted by Gasteiger charge is 2.42. The number of fused-ring (bicyclic) bond motifs is 3. The Balaban J connectivity index is 1.70. The summed E-state index contributed by atoms with van der Waals surface area (Å²) in [5.41, 5.74) is 3.93. The van der Waals surface area contributed by atoms with E-state index in [0.29, 0.717) is 6.04 Å². The molecule has 0 aromatic heterocycles. The van der Waals surface area contributed by atoms with Gasteiger partial charge in [-0.3, -0.25) is 0 Å². The molecule has 0 saturated carbocycles. The van der Waals surface area contributed by atoms with Gasteiger partial charge < -0.3 is 10.2 Å². The number of nitrogens with one attached hydrogen (secondary N) is 1. The van der Waals surface area contributed by atoms with Crippen LogP contribution in [0.4, 0.5) is 11.4 Å². The third-order valence-electron chi connectivity index (χ3n) is 5.39. The summed E-state index contributed by atoms with van der Waals surface area (Å²) in [6.07, 6.45) is 4.36. The molecule has 3 aromatic carbocycles. The largest absolute Gasteiger partial charge is 0.367 e. The van der Waals surface area contributed by atoms with Crippen LogP contribution in [-0.4, -0.2) is 13.1 Å². The van der Waals surface area contributed by atoms with Crippen molar-refractivity contribution in [2.75, 3.05) is 17.3 Å². The summed E-state index contributed by atoms with van der Waals surface area (Å²) in [5, 5.41) is 6.07. The molecule has 0 bridgehead atoms. The number of rotatable bonds is 3. The second-order valence-electron chi connectivity index (χ2n) is 7.33. The van der Waals surface area contributed by atoms with Gasteiger partial charge in [-0.15, -0.1) is 0 Å². The van der Waals surface area contributed by atoms with Crippen LogP contribution in [0.15, 0.2) is 79.0 Å². The van der Waals surface area contributed by atoms with Crippen molar-refractivity contribution >= 4 is 22.1 Å². The molecule has 0 aliphatic carbocycles. The van der Waals surface area contributed by atoms with Crippen molar-refractivity contribution in [3.05, 3.63) is 84.6 Å². The minimum absolute atomic E-state index is 0.0415. The highest BCUT2D eigenvalue weighted by molar-refractivity contribution is 5.93. The monoisotopic (exact) mass is 328 g/mol. The van der Waals surface area contributed by atoms with Crippen molar-refractivity contribution in [3.63, 3.8) is 0 Å². The van der Waals surface area contributed by atoms with E-state index in [1.54, 1.807) is 0 Å². The van der Waals surface area contributed by atoms with Crippen molar-refractivity contribution in [2.24, 2.45) is 0 Å². The van der Waals surface area contributed by atoms with Crippen LogP contribution in [0.3, 0.4) is 0 Å². The number of hydrogen-bond acceptors (Lipinski definition) is 2. The summed E-state index contributed by atoms with van der Waals surface area (Å²) >= 11 is 0. The Labute approximate surface area is 149 Å². The predicted octanol–water partition coefficient (Wildman–Crippen LogP) is 5.56. The van der Waals surface area contributed by atoms with Gasteiger partial charge in [-0.1, -0.05) is 62.4 Å². The maximum Gasteiger partial charge on any atom is 0.0579 e. The maximum absolute atomic E-state index is 3.39. The first-order chi connectivity index (χ1) is 12.1. The summed E-state index contributed by atoms with van der Waals surface area (Å²) in [7, 11) is 2.19. The zero-order chi connectivity index (χ0) is 17.4. The summed E-state index contributed by atoms with van der Waals surface area (Å²) in [4.78, 5) is 2.39. The van der Waals surface area contributed by atoms with Crippen molar-refractivity contribution in [1.82, 2.24) is 0 Å². The van der Waals surface area contributed by atoms with Gasteiger partial charge in [0, 0.05) is 23.8 Å². The minimum atomic E-state index is 0.0415. The van der Waals surface area contributed by atoms with E-state index in [0.717, 1.165) is 5.69 Å². The Bertz CT molecular complexity index is 925. The van der Waals surface area contributed by atoms with E-state index >= 15 is 0 Å². The molecule has 1 heterocycles. The average molecular weight is 328 g/mol. The SMILES string of the molecule is CN1c2ccc3ccccc3c2C(C)(C)C1/C=C/Nc1ccccc1. The molecule has 0 spiro atoms. The Kier molecular flexibility index (Phi) is 3.76. The second kappa shape index (κ2) is 5.96. The molecule has 0 radical (unpaired) electrons. The highest BCUT2D eigenvalue weighted by atomic mass is 15.2. The fourth-order valence-electron chi connectivity index (χ4n) is 4.15. The molecule has 2 heteroatoms. The second-order valence-corrected chi connectivity index (χ2v) is 7.33. The van der Waals surface area contributed by atoms with Crippen LogP contribution in [0.2, 0.25) is 0 Å². The van der Waals surface area contributed by atoms with E-state index in [1.165, 1.54) is 22.0 Å². The molecule has 0 fully saturated rings. The zero-order valence-corrected chi connectivity index (χ0v) is 15.0.